The number of fused-ring (bicyclic) bond motifs is 1. The second-order valence-electron chi connectivity index (χ2n) is 8.92. The second-order valence-corrected chi connectivity index (χ2v) is 8.92. The molecule has 0 saturated carbocycles. The van der Waals surface area contributed by atoms with E-state index in [0.29, 0.717) is 54.4 Å². The van der Waals surface area contributed by atoms with Crippen LogP contribution in [0.4, 0.5) is 0 Å². The summed E-state index contributed by atoms with van der Waals surface area (Å²) in [5.41, 5.74) is 1.31. The van der Waals surface area contributed by atoms with Gasteiger partial charge in [-0.1, -0.05) is 30.3 Å². The summed E-state index contributed by atoms with van der Waals surface area (Å²) in [5, 5.41) is 14.4. The Labute approximate surface area is 227 Å². The Morgan fingerprint density at radius 3 is 2.41 bits per heavy atom. The lowest BCUT2D eigenvalue weighted by molar-refractivity contribution is -0.121. The summed E-state index contributed by atoms with van der Waals surface area (Å²) in [6.45, 7) is 5.26. The number of benzene rings is 3. The maximum Gasteiger partial charge on any atom is 0.343 e. The van der Waals surface area contributed by atoms with Crippen molar-refractivity contribution < 1.29 is 28.5 Å². The third-order valence-electron chi connectivity index (χ3n) is 6.42. The van der Waals surface area contributed by atoms with Gasteiger partial charge in [-0.25, -0.2) is 4.79 Å². The van der Waals surface area contributed by atoms with E-state index in [4.69, 9.17) is 18.6 Å². The number of amides is 1. The van der Waals surface area contributed by atoms with E-state index >= 15 is 0 Å². The summed E-state index contributed by atoms with van der Waals surface area (Å²) in [6.07, 6.45) is 0.519. The quantitative estimate of drug-likeness (QED) is 0.242. The van der Waals surface area contributed by atoms with Crippen LogP contribution in [0.2, 0.25) is 0 Å². The smallest absolute Gasteiger partial charge is 0.343 e. The summed E-state index contributed by atoms with van der Waals surface area (Å²) in [6, 6.07) is 19.6. The van der Waals surface area contributed by atoms with Gasteiger partial charge in [-0.2, -0.15) is 0 Å². The average molecular weight is 532 g/mol. The van der Waals surface area contributed by atoms with Gasteiger partial charge in [0.2, 0.25) is 5.91 Å². The minimum atomic E-state index is -0.730. The number of nitrogens with one attached hydrogen (secondary N) is 1. The van der Waals surface area contributed by atoms with Crippen molar-refractivity contribution >= 4 is 16.9 Å². The molecule has 1 atom stereocenters. The number of ether oxygens (including phenoxy) is 3. The largest absolute Gasteiger partial charge is 0.507 e. The van der Waals surface area contributed by atoms with Crippen molar-refractivity contribution in [2.24, 2.45) is 0 Å². The molecular weight excluding hydrogens is 498 g/mol. The van der Waals surface area contributed by atoms with Gasteiger partial charge in [0.15, 0.2) is 11.5 Å². The Balaban J connectivity index is 1.54. The SMILES string of the molecule is CCOc1ccc(CCNC(=O)C[C@H](c2ccc(OC)cc2)c2c(O)c3ccccc3oc2=O)cc1OCC. The Kier molecular flexibility index (Phi) is 9.10. The molecule has 0 bridgehead atoms. The van der Waals surface area contributed by atoms with Crippen LogP contribution in [0.15, 0.2) is 75.9 Å². The Morgan fingerprint density at radius 2 is 1.69 bits per heavy atom. The molecule has 1 heterocycles. The fraction of sp³-hybridized carbons (Fsp3) is 0.290. The summed E-state index contributed by atoms with van der Waals surface area (Å²) < 4.78 is 22.1. The molecule has 0 aliphatic carbocycles. The van der Waals surface area contributed by atoms with Gasteiger partial charge in [0.1, 0.15) is 17.1 Å². The zero-order valence-corrected chi connectivity index (χ0v) is 22.4. The third kappa shape index (κ3) is 6.52. The number of carbonyl (C=O) groups excluding carboxylic acids is 1. The standard InChI is InChI=1S/C31H33NO7/c1-4-37-26-15-10-20(18-27(26)38-5-2)16-17-32-28(33)19-24(21-11-13-22(36-3)14-12-21)29-30(34)23-8-6-7-9-25(23)39-31(29)35/h6-15,18,24,34H,4-5,16-17,19H2,1-3H3,(H,32,33)/t24-/m1/s1. The molecule has 0 saturated heterocycles. The first-order chi connectivity index (χ1) is 18.9. The molecule has 0 aliphatic heterocycles. The van der Waals surface area contributed by atoms with Crippen molar-refractivity contribution in [3.63, 3.8) is 0 Å². The minimum Gasteiger partial charge on any atom is -0.507 e. The Morgan fingerprint density at radius 1 is 0.974 bits per heavy atom. The number of methoxy groups -OCH3 is 1. The summed E-state index contributed by atoms with van der Waals surface area (Å²) >= 11 is 0. The number of para-hydroxylation sites is 1. The molecule has 39 heavy (non-hydrogen) atoms. The first-order valence-corrected chi connectivity index (χ1v) is 13.0. The van der Waals surface area contributed by atoms with E-state index in [1.54, 1.807) is 55.6 Å². The highest BCUT2D eigenvalue weighted by Crippen LogP contribution is 2.36. The minimum absolute atomic E-state index is 0.0434. The molecule has 3 aromatic carbocycles. The lowest BCUT2D eigenvalue weighted by Gasteiger charge is -2.19. The van der Waals surface area contributed by atoms with Crippen LogP contribution in [0.3, 0.4) is 0 Å². The van der Waals surface area contributed by atoms with Crippen LogP contribution in [0.5, 0.6) is 23.0 Å². The van der Waals surface area contributed by atoms with Crippen molar-refractivity contribution in [2.45, 2.75) is 32.6 Å². The molecule has 4 rings (SSSR count). The summed E-state index contributed by atoms with van der Waals surface area (Å²) in [4.78, 5) is 26.1. The molecule has 1 aromatic heterocycles. The van der Waals surface area contributed by atoms with Crippen LogP contribution in [0.1, 0.15) is 42.9 Å². The predicted molar refractivity (Wildman–Crippen MR) is 149 cm³/mol. The number of carbonyl (C=O) groups is 1. The lowest BCUT2D eigenvalue weighted by atomic mass is 9.88. The predicted octanol–water partition coefficient (Wildman–Crippen LogP) is 5.19. The van der Waals surface area contributed by atoms with Crippen molar-refractivity contribution in [1.29, 1.82) is 0 Å². The monoisotopic (exact) mass is 531 g/mol. The van der Waals surface area contributed by atoms with Crippen LogP contribution in [0, 0.1) is 0 Å². The normalized spacial score (nSPS) is 11.7. The zero-order valence-electron chi connectivity index (χ0n) is 22.4. The van der Waals surface area contributed by atoms with E-state index in [2.05, 4.69) is 5.32 Å². The Hall–Kier alpha value is -4.46. The van der Waals surface area contributed by atoms with E-state index < -0.39 is 11.5 Å². The van der Waals surface area contributed by atoms with Crippen molar-refractivity contribution in [3.8, 4) is 23.0 Å². The van der Waals surface area contributed by atoms with Crippen LogP contribution < -0.4 is 25.2 Å². The molecule has 8 nitrogen and oxygen atoms in total. The molecular formula is C31H33NO7. The summed E-state index contributed by atoms with van der Waals surface area (Å²) in [7, 11) is 1.56. The molecule has 0 unspecified atom stereocenters. The van der Waals surface area contributed by atoms with Crippen LogP contribution >= 0.6 is 0 Å². The van der Waals surface area contributed by atoms with Crippen molar-refractivity contribution in [1.82, 2.24) is 5.32 Å². The molecule has 0 radical (unpaired) electrons. The fourth-order valence-electron chi connectivity index (χ4n) is 4.53. The highest BCUT2D eigenvalue weighted by Gasteiger charge is 2.27. The second kappa shape index (κ2) is 12.9. The number of aromatic hydroxyl groups is 1. The molecule has 4 aromatic rings. The van der Waals surface area contributed by atoms with Crippen LogP contribution in [-0.4, -0.2) is 37.9 Å². The highest BCUT2D eigenvalue weighted by molar-refractivity contribution is 5.85. The number of rotatable bonds is 12. The van der Waals surface area contributed by atoms with Gasteiger partial charge in [0.05, 0.1) is 31.3 Å². The molecule has 204 valence electrons. The number of hydrogen-bond acceptors (Lipinski definition) is 7. The first kappa shape index (κ1) is 27.6. The van der Waals surface area contributed by atoms with E-state index in [0.717, 1.165) is 5.56 Å². The van der Waals surface area contributed by atoms with E-state index in [1.165, 1.54) is 0 Å². The van der Waals surface area contributed by atoms with Gasteiger partial charge in [0, 0.05) is 18.9 Å². The van der Waals surface area contributed by atoms with Crippen LogP contribution in [-0.2, 0) is 11.2 Å². The van der Waals surface area contributed by atoms with Gasteiger partial charge < -0.3 is 29.1 Å². The lowest BCUT2D eigenvalue weighted by Crippen LogP contribution is -2.28. The van der Waals surface area contributed by atoms with Crippen molar-refractivity contribution in [2.75, 3.05) is 26.9 Å². The fourth-order valence-corrected chi connectivity index (χ4v) is 4.53. The van der Waals surface area contributed by atoms with Gasteiger partial charge in [-0.15, -0.1) is 0 Å². The Bertz CT molecular complexity index is 1480. The molecule has 0 fully saturated rings. The zero-order chi connectivity index (χ0) is 27.8. The van der Waals surface area contributed by atoms with E-state index in [9.17, 15) is 14.7 Å². The molecule has 0 aliphatic rings. The molecule has 2 N–H and O–H groups in total. The van der Waals surface area contributed by atoms with Crippen LogP contribution in [0.25, 0.3) is 11.0 Å². The van der Waals surface area contributed by atoms with Gasteiger partial charge in [-0.3, -0.25) is 4.79 Å². The molecule has 1 amide bonds. The van der Waals surface area contributed by atoms with Gasteiger partial charge in [0.25, 0.3) is 0 Å². The maximum atomic E-state index is 13.1. The van der Waals surface area contributed by atoms with Gasteiger partial charge in [-0.05, 0) is 67.8 Å². The average Bonchev–Trinajstić information content (AvgIpc) is 2.94. The molecule has 8 heteroatoms. The summed E-state index contributed by atoms with van der Waals surface area (Å²) in [5.74, 6) is 0.807. The van der Waals surface area contributed by atoms with Crippen molar-refractivity contribution in [3.05, 3.63) is 93.8 Å². The first-order valence-electron chi connectivity index (χ1n) is 13.0. The topological polar surface area (TPSA) is 107 Å². The highest BCUT2D eigenvalue weighted by atomic mass is 16.5. The van der Waals surface area contributed by atoms with E-state index in [-0.39, 0.29) is 29.2 Å². The van der Waals surface area contributed by atoms with Gasteiger partial charge >= 0.3 is 5.63 Å². The maximum absolute atomic E-state index is 13.1. The number of hydrogen-bond donors (Lipinski definition) is 2. The van der Waals surface area contributed by atoms with E-state index in [1.807, 2.05) is 32.0 Å². The third-order valence-corrected chi connectivity index (χ3v) is 6.42. The molecule has 0 spiro atoms.